The van der Waals surface area contributed by atoms with Crippen molar-refractivity contribution in [3.63, 3.8) is 0 Å². The number of fused-ring (bicyclic) bond motifs is 1. The molecule has 1 aromatic rings. The summed E-state index contributed by atoms with van der Waals surface area (Å²) in [5.74, 6) is 0.334. The Kier molecular flexibility index (Phi) is 7.55. The molecule has 4 aliphatic rings. The van der Waals surface area contributed by atoms with E-state index in [0.29, 0.717) is 43.3 Å². The highest BCUT2D eigenvalue weighted by Crippen LogP contribution is 2.29. The fourth-order valence-electron chi connectivity index (χ4n) is 5.92. The van der Waals surface area contributed by atoms with E-state index in [9.17, 15) is 13.2 Å². The number of nitrogens with one attached hydrogen (secondary N) is 1. The lowest BCUT2D eigenvalue weighted by Crippen LogP contribution is -2.53. The molecule has 0 aromatic heterocycles. The topological polar surface area (TPSA) is 88.2 Å². The number of nitrogens with zero attached hydrogens (tertiary/aromatic N) is 2. The van der Waals surface area contributed by atoms with Crippen LogP contribution >= 0.6 is 0 Å². The van der Waals surface area contributed by atoms with Crippen molar-refractivity contribution in [2.24, 2.45) is 11.8 Å². The maximum Gasteiger partial charge on any atom is 0.243 e. The zero-order valence-corrected chi connectivity index (χ0v) is 20.7. The highest BCUT2D eigenvalue weighted by Gasteiger charge is 2.35. The monoisotopic (exact) mass is 491 g/mol. The van der Waals surface area contributed by atoms with Crippen molar-refractivity contribution in [3.8, 4) is 0 Å². The highest BCUT2D eigenvalue weighted by atomic mass is 32.2. The summed E-state index contributed by atoms with van der Waals surface area (Å²) in [7, 11) is -3.51. The first-order chi connectivity index (χ1) is 16.5. The lowest BCUT2D eigenvalue weighted by molar-refractivity contribution is -0.126. The molecule has 1 aromatic carbocycles. The third-order valence-corrected chi connectivity index (χ3v) is 9.94. The number of morpholine rings is 1. The predicted octanol–water partition coefficient (Wildman–Crippen LogP) is 1.43. The van der Waals surface area contributed by atoms with Gasteiger partial charge in [0, 0.05) is 57.2 Å². The normalized spacial score (nSPS) is 25.8. The number of amides is 1. The first kappa shape index (κ1) is 24.2. The molecule has 3 heterocycles. The van der Waals surface area contributed by atoms with E-state index in [1.807, 2.05) is 12.1 Å². The largest absolute Gasteiger partial charge is 0.381 e. The number of hydrogen-bond acceptors (Lipinski definition) is 6. The summed E-state index contributed by atoms with van der Waals surface area (Å²) in [6.07, 6.45) is 5.24. The van der Waals surface area contributed by atoms with E-state index in [1.165, 1.54) is 5.56 Å². The Hall–Kier alpha value is -1.52. The summed E-state index contributed by atoms with van der Waals surface area (Å²) < 4.78 is 39.1. The van der Waals surface area contributed by atoms with Crippen molar-refractivity contribution in [1.82, 2.24) is 14.5 Å². The first-order valence-corrected chi connectivity index (χ1v) is 14.3. The molecule has 9 heteroatoms. The van der Waals surface area contributed by atoms with Crippen LogP contribution < -0.4 is 5.32 Å². The van der Waals surface area contributed by atoms with Crippen LogP contribution in [0, 0.1) is 11.8 Å². The maximum atomic E-state index is 13.2. The van der Waals surface area contributed by atoms with Gasteiger partial charge in [0.15, 0.2) is 0 Å². The number of sulfonamides is 1. The van der Waals surface area contributed by atoms with E-state index in [2.05, 4.69) is 10.2 Å². The molecule has 0 spiro atoms. The second kappa shape index (κ2) is 10.6. The zero-order valence-electron chi connectivity index (χ0n) is 19.9. The molecule has 0 radical (unpaired) electrons. The summed E-state index contributed by atoms with van der Waals surface area (Å²) in [6.45, 7) is 6.16. The van der Waals surface area contributed by atoms with Crippen molar-refractivity contribution < 1.29 is 22.7 Å². The highest BCUT2D eigenvalue weighted by molar-refractivity contribution is 7.89. The second-order valence-corrected chi connectivity index (χ2v) is 12.0. The predicted molar refractivity (Wildman–Crippen MR) is 128 cm³/mol. The molecule has 3 fully saturated rings. The Morgan fingerprint density at radius 3 is 2.50 bits per heavy atom. The summed E-state index contributed by atoms with van der Waals surface area (Å²) >= 11 is 0. The minimum atomic E-state index is -3.51. The van der Waals surface area contributed by atoms with Gasteiger partial charge >= 0.3 is 0 Å². The van der Waals surface area contributed by atoms with Gasteiger partial charge in [0.2, 0.25) is 15.9 Å². The Bertz CT molecular complexity index is 965. The number of carbonyl (C=O) groups excluding carboxylic acids is 1. The van der Waals surface area contributed by atoms with Crippen LogP contribution in [0.1, 0.15) is 36.8 Å². The van der Waals surface area contributed by atoms with E-state index in [4.69, 9.17) is 9.47 Å². The van der Waals surface area contributed by atoms with Gasteiger partial charge in [0.1, 0.15) is 0 Å². The van der Waals surface area contributed by atoms with Crippen LogP contribution in [0.25, 0.3) is 0 Å². The molecule has 2 atom stereocenters. The summed E-state index contributed by atoms with van der Waals surface area (Å²) in [4.78, 5) is 15.8. The number of ether oxygens (including phenoxy) is 2. The second-order valence-electron chi connectivity index (χ2n) is 10.0. The van der Waals surface area contributed by atoms with Crippen LogP contribution in [0.2, 0.25) is 0 Å². The van der Waals surface area contributed by atoms with Gasteiger partial charge in [-0.1, -0.05) is 6.07 Å². The molecule has 188 valence electrons. The van der Waals surface area contributed by atoms with Gasteiger partial charge in [-0.15, -0.1) is 0 Å². The van der Waals surface area contributed by atoms with Crippen molar-refractivity contribution in [1.29, 1.82) is 0 Å². The number of hydrogen-bond donors (Lipinski definition) is 1. The smallest absolute Gasteiger partial charge is 0.243 e. The quantitative estimate of drug-likeness (QED) is 0.621. The molecule has 5 rings (SSSR count). The van der Waals surface area contributed by atoms with Crippen molar-refractivity contribution in [3.05, 3.63) is 29.3 Å². The lowest BCUT2D eigenvalue weighted by Gasteiger charge is -2.38. The third-order valence-electron chi connectivity index (χ3n) is 8.04. The number of carbonyl (C=O) groups is 1. The third kappa shape index (κ3) is 5.18. The molecule has 1 N–H and O–H groups in total. The van der Waals surface area contributed by atoms with Crippen LogP contribution in [0.5, 0.6) is 0 Å². The zero-order chi connectivity index (χ0) is 23.5. The number of piperidine rings is 1. The average molecular weight is 492 g/mol. The molecule has 1 aliphatic carbocycles. The Balaban J connectivity index is 1.15. The molecule has 0 bridgehead atoms. The van der Waals surface area contributed by atoms with Gasteiger partial charge in [-0.3, -0.25) is 9.69 Å². The average Bonchev–Trinajstić information content (AvgIpc) is 3.57. The minimum absolute atomic E-state index is 0.0479. The van der Waals surface area contributed by atoms with E-state index >= 15 is 0 Å². The molecule has 1 amide bonds. The van der Waals surface area contributed by atoms with Gasteiger partial charge < -0.3 is 14.8 Å². The van der Waals surface area contributed by atoms with Gasteiger partial charge in [-0.2, -0.15) is 4.31 Å². The standard InChI is InChI=1S/C25H37N3O5S/c29-25(26-17-24(22-8-13-33-18-22)27-11-14-32-15-12-27)20-6-9-28(10-7-20)34(30,31)23-5-4-19-2-1-3-21(19)16-23/h4-5,16,20,22,24H,1-3,6-15,17-18H2,(H,26,29). The van der Waals surface area contributed by atoms with Crippen LogP contribution in [-0.4, -0.2) is 88.7 Å². The Labute approximate surface area is 203 Å². The number of benzene rings is 1. The van der Waals surface area contributed by atoms with Crippen molar-refractivity contribution in [2.45, 2.75) is 49.5 Å². The molecular formula is C25H37N3O5S. The molecule has 8 nitrogen and oxygen atoms in total. The van der Waals surface area contributed by atoms with Crippen LogP contribution in [0.3, 0.4) is 0 Å². The maximum absolute atomic E-state index is 13.2. The fourth-order valence-corrected chi connectivity index (χ4v) is 7.45. The summed E-state index contributed by atoms with van der Waals surface area (Å²) in [6, 6.07) is 5.83. The van der Waals surface area contributed by atoms with Crippen LogP contribution in [-0.2, 0) is 37.1 Å². The molecule has 3 saturated heterocycles. The van der Waals surface area contributed by atoms with E-state index in [1.54, 1.807) is 10.4 Å². The number of aryl methyl sites for hydroxylation is 2. The van der Waals surface area contributed by atoms with E-state index in [-0.39, 0.29) is 17.9 Å². The van der Waals surface area contributed by atoms with Gasteiger partial charge in [0.25, 0.3) is 0 Å². The first-order valence-electron chi connectivity index (χ1n) is 12.8. The molecule has 0 saturated carbocycles. The van der Waals surface area contributed by atoms with Crippen molar-refractivity contribution in [2.75, 3.05) is 59.2 Å². The fraction of sp³-hybridized carbons (Fsp3) is 0.720. The lowest BCUT2D eigenvalue weighted by atomic mass is 9.95. The van der Waals surface area contributed by atoms with Gasteiger partial charge in [-0.25, -0.2) is 8.42 Å². The van der Waals surface area contributed by atoms with Crippen LogP contribution in [0.4, 0.5) is 0 Å². The molecule has 2 unspecified atom stereocenters. The molecular weight excluding hydrogens is 454 g/mol. The molecule has 3 aliphatic heterocycles. The van der Waals surface area contributed by atoms with E-state index in [0.717, 1.165) is 70.8 Å². The van der Waals surface area contributed by atoms with Gasteiger partial charge in [0.05, 0.1) is 24.7 Å². The Morgan fingerprint density at radius 2 is 1.76 bits per heavy atom. The minimum Gasteiger partial charge on any atom is -0.381 e. The molecule has 34 heavy (non-hydrogen) atoms. The summed E-state index contributed by atoms with van der Waals surface area (Å²) in [5, 5.41) is 3.20. The number of rotatable bonds is 7. The van der Waals surface area contributed by atoms with Gasteiger partial charge in [-0.05, 0) is 61.8 Å². The van der Waals surface area contributed by atoms with Crippen LogP contribution in [0.15, 0.2) is 23.1 Å². The van der Waals surface area contributed by atoms with E-state index < -0.39 is 10.0 Å². The Morgan fingerprint density at radius 1 is 1.00 bits per heavy atom. The SMILES string of the molecule is O=C(NCC(C1CCOC1)N1CCOCC1)C1CCN(S(=O)(=O)c2ccc3c(c2)CCC3)CC1. The van der Waals surface area contributed by atoms with Crippen molar-refractivity contribution >= 4 is 15.9 Å². The summed E-state index contributed by atoms with van der Waals surface area (Å²) in [5.41, 5.74) is 2.44.